The molecule has 4 aliphatic carbocycles. The van der Waals surface area contributed by atoms with Crippen LogP contribution < -0.4 is 16.2 Å². The van der Waals surface area contributed by atoms with E-state index in [2.05, 4.69) is 50.8 Å². The molecule has 0 aromatic heterocycles. The van der Waals surface area contributed by atoms with Crippen LogP contribution in [0.3, 0.4) is 0 Å². The van der Waals surface area contributed by atoms with E-state index in [-0.39, 0.29) is 5.66 Å². The maximum absolute atomic E-state index is 5.59. The van der Waals surface area contributed by atoms with Crippen molar-refractivity contribution in [1.82, 2.24) is 16.2 Å². The van der Waals surface area contributed by atoms with E-state index in [0.29, 0.717) is 16.7 Å². The molecular weight excluding hydrogens is 410 g/mol. The van der Waals surface area contributed by atoms with Gasteiger partial charge in [0.2, 0.25) is 0 Å². The fourth-order valence-electron chi connectivity index (χ4n) is 10.3. The van der Waals surface area contributed by atoms with Gasteiger partial charge in [-0.3, -0.25) is 5.43 Å². The normalized spacial score (nSPS) is 48.7. The molecule has 5 fully saturated rings. The Morgan fingerprint density at radius 3 is 2.44 bits per heavy atom. The highest BCUT2D eigenvalue weighted by Crippen LogP contribution is 2.69. The van der Waals surface area contributed by atoms with Crippen molar-refractivity contribution in [3.05, 3.63) is 0 Å². The van der Waals surface area contributed by atoms with Gasteiger partial charge in [-0.05, 0) is 104 Å². The van der Waals surface area contributed by atoms with Gasteiger partial charge in [0, 0.05) is 5.92 Å². The maximum atomic E-state index is 5.59. The van der Waals surface area contributed by atoms with Gasteiger partial charge in [-0.15, -0.1) is 0 Å². The van der Waals surface area contributed by atoms with Crippen LogP contribution in [-0.4, -0.2) is 10.8 Å². The van der Waals surface area contributed by atoms with Crippen molar-refractivity contribution >= 4 is 17.3 Å². The molecule has 0 amide bonds. The average molecular weight is 460 g/mol. The Balaban J connectivity index is 1.40. The molecule has 1 heterocycles. The summed E-state index contributed by atoms with van der Waals surface area (Å²) in [6.07, 6.45) is 17.0. The van der Waals surface area contributed by atoms with Gasteiger partial charge < -0.3 is 5.32 Å². The van der Waals surface area contributed by atoms with Gasteiger partial charge in [0.25, 0.3) is 0 Å². The number of rotatable bonds is 5. The molecule has 4 heteroatoms. The zero-order chi connectivity index (χ0) is 22.7. The van der Waals surface area contributed by atoms with Crippen molar-refractivity contribution in [3.63, 3.8) is 0 Å². The van der Waals surface area contributed by atoms with Crippen LogP contribution in [0, 0.1) is 52.3 Å². The molecule has 1 aliphatic heterocycles. The number of hydrogen-bond donors (Lipinski definition) is 3. The van der Waals surface area contributed by atoms with Crippen LogP contribution in [0.15, 0.2) is 0 Å². The second-order valence-electron chi connectivity index (χ2n) is 13.6. The van der Waals surface area contributed by atoms with E-state index in [0.717, 1.165) is 40.6 Å². The zero-order valence-electron chi connectivity index (χ0n) is 21.4. The molecule has 0 aromatic rings. The Hall–Kier alpha value is -0.350. The Morgan fingerprint density at radius 2 is 1.72 bits per heavy atom. The minimum Gasteiger partial charge on any atom is -0.342 e. The van der Waals surface area contributed by atoms with E-state index >= 15 is 0 Å². The van der Waals surface area contributed by atoms with Gasteiger partial charge in [-0.1, -0.05) is 66.7 Å². The van der Waals surface area contributed by atoms with Gasteiger partial charge in [-0.2, -0.15) is 0 Å². The fraction of sp³-hybridized carbons (Fsp3) is 0.964. The number of thiocarbonyl (C=S) groups is 1. The first-order chi connectivity index (χ1) is 15.2. The summed E-state index contributed by atoms with van der Waals surface area (Å²) in [5, 5.41) is 4.62. The molecule has 3 N–H and O–H groups in total. The van der Waals surface area contributed by atoms with E-state index in [4.69, 9.17) is 12.2 Å². The SMILES string of the molecule is CC(C)CCC[C@@H](C)[C@H]1CC[C@H]2[C@@H]3C[C@@]4(NNC(=S)N4)[C@H]4CCCC[C@]4(C)[C@H]3CC[C@]12C. The third-order valence-electron chi connectivity index (χ3n) is 11.6. The van der Waals surface area contributed by atoms with Gasteiger partial charge in [0.1, 0.15) is 5.66 Å². The van der Waals surface area contributed by atoms with Crippen LogP contribution in [-0.2, 0) is 0 Å². The minimum absolute atomic E-state index is 0.0212. The molecule has 9 atom stereocenters. The summed E-state index contributed by atoms with van der Waals surface area (Å²) in [6, 6.07) is 0. The Kier molecular flexibility index (Phi) is 6.14. The molecule has 182 valence electrons. The molecule has 4 saturated carbocycles. The van der Waals surface area contributed by atoms with Gasteiger partial charge in [0.15, 0.2) is 5.11 Å². The van der Waals surface area contributed by atoms with Crippen LogP contribution >= 0.6 is 12.2 Å². The van der Waals surface area contributed by atoms with E-state index in [9.17, 15) is 0 Å². The Labute approximate surface area is 203 Å². The zero-order valence-corrected chi connectivity index (χ0v) is 22.3. The highest BCUT2D eigenvalue weighted by atomic mass is 32.1. The maximum Gasteiger partial charge on any atom is 0.182 e. The summed E-state index contributed by atoms with van der Waals surface area (Å²) in [6.45, 7) is 12.7. The summed E-state index contributed by atoms with van der Waals surface area (Å²) in [5.74, 6) is 5.98. The van der Waals surface area contributed by atoms with E-state index in [1.165, 1.54) is 77.0 Å². The lowest BCUT2D eigenvalue weighted by atomic mass is 9.42. The summed E-state index contributed by atoms with van der Waals surface area (Å²) in [4.78, 5) is 0. The third-order valence-corrected chi connectivity index (χ3v) is 11.8. The molecule has 0 bridgehead atoms. The lowest BCUT2D eigenvalue weighted by Gasteiger charge is -2.65. The summed E-state index contributed by atoms with van der Waals surface area (Å²) >= 11 is 5.59. The average Bonchev–Trinajstić information content (AvgIpc) is 3.28. The molecule has 0 unspecified atom stereocenters. The van der Waals surface area contributed by atoms with Crippen molar-refractivity contribution in [1.29, 1.82) is 0 Å². The molecule has 5 rings (SSSR count). The Morgan fingerprint density at radius 1 is 0.938 bits per heavy atom. The van der Waals surface area contributed by atoms with Gasteiger partial charge in [0.05, 0.1) is 0 Å². The van der Waals surface area contributed by atoms with Crippen molar-refractivity contribution < 1.29 is 0 Å². The molecule has 0 aromatic carbocycles. The Bertz CT molecular complexity index is 723. The lowest BCUT2D eigenvalue weighted by molar-refractivity contribution is -0.154. The highest BCUT2D eigenvalue weighted by Gasteiger charge is 2.66. The lowest BCUT2D eigenvalue weighted by Crippen LogP contribution is -2.69. The monoisotopic (exact) mass is 459 g/mol. The molecule has 3 nitrogen and oxygen atoms in total. The molecular formula is C28H49N3S. The van der Waals surface area contributed by atoms with Crippen molar-refractivity contribution in [2.75, 3.05) is 0 Å². The smallest absolute Gasteiger partial charge is 0.182 e. The summed E-state index contributed by atoms with van der Waals surface area (Å²) in [7, 11) is 0. The highest BCUT2D eigenvalue weighted by molar-refractivity contribution is 7.80. The second kappa shape index (κ2) is 8.40. The number of hydrazine groups is 1. The van der Waals surface area contributed by atoms with Crippen molar-refractivity contribution in [3.8, 4) is 0 Å². The largest absolute Gasteiger partial charge is 0.342 e. The number of nitrogens with one attached hydrogen (secondary N) is 3. The van der Waals surface area contributed by atoms with Crippen LogP contribution in [0.4, 0.5) is 0 Å². The quantitative estimate of drug-likeness (QED) is 0.396. The first-order valence-corrected chi connectivity index (χ1v) is 14.5. The van der Waals surface area contributed by atoms with Crippen LogP contribution in [0.25, 0.3) is 0 Å². The van der Waals surface area contributed by atoms with Gasteiger partial charge in [-0.25, -0.2) is 5.43 Å². The molecule has 1 saturated heterocycles. The first kappa shape index (κ1) is 23.4. The number of fused-ring (bicyclic) bond motifs is 6. The minimum atomic E-state index is -0.0212. The molecule has 32 heavy (non-hydrogen) atoms. The van der Waals surface area contributed by atoms with E-state index < -0.39 is 0 Å². The molecule has 1 spiro atoms. The van der Waals surface area contributed by atoms with Crippen LogP contribution in [0.2, 0.25) is 0 Å². The van der Waals surface area contributed by atoms with Gasteiger partial charge >= 0.3 is 0 Å². The third kappa shape index (κ3) is 3.56. The predicted octanol–water partition coefficient (Wildman–Crippen LogP) is 6.79. The summed E-state index contributed by atoms with van der Waals surface area (Å²) in [5.41, 5.74) is 8.04. The predicted molar refractivity (Wildman–Crippen MR) is 138 cm³/mol. The van der Waals surface area contributed by atoms with Crippen LogP contribution in [0.5, 0.6) is 0 Å². The van der Waals surface area contributed by atoms with Crippen molar-refractivity contribution in [2.45, 2.75) is 117 Å². The molecule has 0 radical (unpaired) electrons. The summed E-state index contributed by atoms with van der Waals surface area (Å²) < 4.78 is 0. The number of hydrogen-bond acceptors (Lipinski definition) is 2. The first-order valence-electron chi connectivity index (χ1n) is 14.0. The van der Waals surface area contributed by atoms with Crippen LogP contribution in [0.1, 0.15) is 112 Å². The molecule has 5 aliphatic rings. The second-order valence-corrected chi connectivity index (χ2v) is 14.0. The van der Waals surface area contributed by atoms with E-state index in [1.807, 2.05) is 0 Å². The fourth-order valence-corrected chi connectivity index (χ4v) is 10.5. The van der Waals surface area contributed by atoms with Crippen molar-refractivity contribution in [2.24, 2.45) is 52.3 Å². The van der Waals surface area contributed by atoms with E-state index in [1.54, 1.807) is 0 Å². The topological polar surface area (TPSA) is 36.1 Å². The standard InChI is InChI=1S/C28H49N3S/c1-18(2)9-8-10-19(3)21-12-13-22-20-17-28(29-25(32)30-31-28)24-11-6-7-15-27(24,5)23(20)14-16-26(21,22)4/h18-24,31H,6-17H2,1-5H3,(H2,29,30,32)/t19-,20+,21-,22+,23+,24+,26-,27-,28-/m1/s1.